The first kappa shape index (κ1) is 18.5. The van der Waals surface area contributed by atoms with E-state index in [4.69, 9.17) is 26.8 Å². The lowest BCUT2D eigenvalue weighted by atomic mass is 10.2. The summed E-state index contributed by atoms with van der Waals surface area (Å²) < 4.78 is 11.7. The van der Waals surface area contributed by atoms with Crippen LogP contribution in [-0.2, 0) is 6.61 Å². The van der Waals surface area contributed by atoms with E-state index in [1.807, 2.05) is 18.2 Å². The van der Waals surface area contributed by atoms with Crippen molar-refractivity contribution < 1.29 is 14.3 Å². The maximum atomic E-state index is 12.0. The van der Waals surface area contributed by atoms with Gasteiger partial charge in [0, 0.05) is 16.1 Å². The molecule has 0 aromatic heterocycles. The Morgan fingerprint density at radius 2 is 2.08 bits per heavy atom. The molecule has 2 rings (SSSR count). The standard InChI is InChI=1S/C16H14BrClN2O3S/c1-22-13-7-10(15(21)20-16(19)24)6-11(17)14(13)23-8-9-4-2-3-5-12(9)18/h2-7H,8H2,1H3,(H3,19,20,21,24). The summed E-state index contributed by atoms with van der Waals surface area (Å²) in [5, 5.41) is 2.87. The van der Waals surface area contributed by atoms with Crippen molar-refractivity contribution in [3.05, 3.63) is 57.0 Å². The van der Waals surface area contributed by atoms with Crippen molar-refractivity contribution in [3.63, 3.8) is 0 Å². The summed E-state index contributed by atoms with van der Waals surface area (Å²) in [4.78, 5) is 12.0. The molecule has 2 aromatic rings. The number of benzene rings is 2. The van der Waals surface area contributed by atoms with Gasteiger partial charge in [-0.3, -0.25) is 10.1 Å². The second-order valence-electron chi connectivity index (χ2n) is 4.69. The first-order valence-corrected chi connectivity index (χ1v) is 8.34. The van der Waals surface area contributed by atoms with Gasteiger partial charge in [-0.2, -0.15) is 0 Å². The topological polar surface area (TPSA) is 73.6 Å². The summed E-state index contributed by atoms with van der Waals surface area (Å²) in [6.07, 6.45) is 0. The van der Waals surface area contributed by atoms with Crippen LogP contribution in [0.15, 0.2) is 40.9 Å². The van der Waals surface area contributed by atoms with E-state index in [0.717, 1.165) is 5.56 Å². The van der Waals surface area contributed by atoms with Crippen LogP contribution < -0.4 is 20.5 Å². The Balaban J connectivity index is 2.25. The van der Waals surface area contributed by atoms with Crippen molar-refractivity contribution in [2.24, 2.45) is 5.73 Å². The fraction of sp³-hybridized carbons (Fsp3) is 0.125. The lowest BCUT2D eigenvalue weighted by Gasteiger charge is -2.15. The van der Waals surface area contributed by atoms with E-state index in [0.29, 0.717) is 26.6 Å². The predicted molar refractivity (Wildman–Crippen MR) is 101 cm³/mol. The van der Waals surface area contributed by atoms with Crippen LogP contribution in [-0.4, -0.2) is 18.1 Å². The minimum atomic E-state index is -0.431. The van der Waals surface area contributed by atoms with Gasteiger partial charge < -0.3 is 15.2 Å². The SMILES string of the molecule is COc1cc(C(=O)NC(N)=S)cc(Br)c1OCc1ccccc1Cl. The molecule has 0 aliphatic heterocycles. The molecule has 0 spiro atoms. The molecule has 5 nitrogen and oxygen atoms in total. The zero-order valence-electron chi connectivity index (χ0n) is 12.6. The molecule has 8 heteroatoms. The van der Waals surface area contributed by atoms with Gasteiger partial charge in [0.25, 0.3) is 5.91 Å². The molecular weight excluding hydrogens is 416 g/mol. The molecule has 0 atom stereocenters. The molecule has 1 amide bonds. The molecule has 0 radical (unpaired) electrons. The van der Waals surface area contributed by atoms with Crippen LogP contribution in [0.2, 0.25) is 5.02 Å². The number of amides is 1. The Hall–Kier alpha value is -1.83. The third kappa shape index (κ3) is 4.59. The largest absolute Gasteiger partial charge is 0.493 e. The number of nitrogens with two attached hydrogens (primary N) is 1. The summed E-state index contributed by atoms with van der Waals surface area (Å²) in [5.74, 6) is 0.424. The minimum absolute atomic E-state index is 0.103. The van der Waals surface area contributed by atoms with Gasteiger partial charge in [0.2, 0.25) is 0 Å². The van der Waals surface area contributed by atoms with Crippen molar-refractivity contribution >= 4 is 50.8 Å². The Bertz CT molecular complexity index is 786. The van der Waals surface area contributed by atoms with Gasteiger partial charge in [-0.1, -0.05) is 29.8 Å². The average molecular weight is 430 g/mol. The van der Waals surface area contributed by atoms with Crippen LogP contribution in [0.1, 0.15) is 15.9 Å². The molecule has 0 aliphatic rings. The molecule has 2 aromatic carbocycles. The van der Waals surface area contributed by atoms with Crippen LogP contribution in [0, 0.1) is 0 Å². The molecule has 3 N–H and O–H groups in total. The van der Waals surface area contributed by atoms with Crippen LogP contribution >= 0.6 is 39.7 Å². The van der Waals surface area contributed by atoms with E-state index in [2.05, 4.69) is 33.5 Å². The van der Waals surface area contributed by atoms with Gasteiger partial charge in [0.15, 0.2) is 16.6 Å². The molecule has 0 fully saturated rings. The molecule has 126 valence electrons. The van der Waals surface area contributed by atoms with E-state index in [1.54, 1.807) is 18.2 Å². The number of halogens is 2. The minimum Gasteiger partial charge on any atom is -0.493 e. The summed E-state index contributed by atoms with van der Waals surface area (Å²) in [7, 11) is 1.49. The highest BCUT2D eigenvalue weighted by Crippen LogP contribution is 2.37. The fourth-order valence-corrected chi connectivity index (χ4v) is 2.78. The Labute approximate surface area is 158 Å². The Morgan fingerprint density at radius 3 is 2.71 bits per heavy atom. The lowest BCUT2D eigenvalue weighted by molar-refractivity contribution is 0.0977. The number of carbonyl (C=O) groups excluding carboxylic acids is 1. The van der Waals surface area contributed by atoms with E-state index >= 15 is 0 Å². The van der Waals surface area contributed by atoms with Gasteiger partial charge in [0.1, 0.15) is 6.61 Å². The summed E-state index contributed by atoms with van der Waals surface area (Å²) in [6, 6.07) is 10.5. The van der Waals surface area contributed by atoms with Gasteiger partial charge in [-0.15, -0.1) is 0 Å². The molecule has 0 bridgehead atoms. The maximum Gasteiger partial charge on any atom is 0.257 e. The first-order chi connectivity index (χ1) is 11.4. The monoisotopic (exact) mass is 428 g/mol. The van der Waals surface area contributed by atoms with Gasteiger partial charge >= 0.3 is 0 Å². The smallest absolute Gasteiger partial charge is 0.257 e. The normalized spacial score (nSPS) is 10.1. The van der Waals surface area contributed by atoms with Crippen molar-refractivity contribution in [2.45, 2.75) is 6.61 Å². The highest BCUT2D eigenvalue weighted by atomic mass is 79.9. The highest BCUT2D eigenvalue weighted by molar-refractivity contribution is 9.10. The average Bonchev–Trinajstić information content (AvgIpc) is 2.53. The highest BCUT2D eigenvalue weighted by Gasteiger charge is 2.16. The number of ether oxygens (including phenoxy) is 2. The number of hydrogen-bond acceptors (Lipinski definition) is 4. The van der Waals surface area contributed by atoms with Crippen LogP contribution in [0.25, 0.3) is 0 Å². The second kappa shape index (κ2) is 8.32. The molecule has 0 aliphatic carbocycles. The van der Waals surface area contributed by atoms with E-state index in [-0.39, 0.29) is 11.7 Å². The van der Waals surface area contributed by atoms with Gasteiger partial charge in [-0.25, -0.2) is 0 Å². The number of carbonyl (C=O) groups is 1. The Kier molecular flexibility index (Phi) is 6.42. The first-order valence-electron chi connectivity index (χ1n) is 6.77. The summed E-state index contributed by atoms with van der Waals surface area (Å²) in [5.41, 5.74) is 6.48. The van der Waals surface area contributed by atoms with Gasteiger partial charge in [-0.05, 0) is 46.3 Å². The van der Waals surface area contributed by atoms with Crippen molar-refractivity contribution in [2.75, 3.05) is 7.11 Å². The lowest BCUT2D eigenvalue weighted by Crippen LogP contribution is -2.34. The number of hydrogen-bond donors (Lipinski definition) is 2. The summed E-state index contributed by atoms with van der Waals surface area (Å²) in [6.45, 7) is 0.257. The number of nitrogens with one attached hydrogen (secondary N) is 1. The quantitative estimate of drug-likeness (QED) is 0.710. The molecule has 0 saturated carbocycles. The third-order valence-electron chi connectivity index (χ3n) is 3.06. The molecule has 24 heavy (non-hydrogen) atoms. The van der Waals surface area contributed by atoms with E-state index < -0.39 is 5.91 Å². The maximum absolute atomic E-state index is 12.0. The number of rotatable bonds is 5. The van der Waals surface area contributed by atoms with Crippen molar-refractivity contribution in [1.82, 2.24) is 5.32 Å². The number of thiocarbonyl (C=S) groups is 1. The molecule has 0 heterocycles. The Morgan fingerprint density at radius 1 is 1.38 bits per heavy atom. The molecule has 0 saturated heterocycles. The summed E-state index contributed by atoms with van der Waals surface area (Å²) >= 11 is 14.2. The van der Waals surface area contributed by atoms with Gasteiger partial charge in [0.05, 0.1) is 11.6 Å². The third-order valence-corrected chi connectivity index (χ3v) is 4.12. The predicted octanol–water partition coefficient (Wildman–Crippen LogP) is 3.66. The zero-order chi connectivity index (χ0) is 17.7. The van der Waals surface area contributed by atoms with Crippen LogP contribution in [0.5, 0.6) is 11.5 Å². The van der Waals surface area contributed by atoms with Crippen LogP contribution in [0.3, 0.4) is 0 Å². The second-order valence-corrected chi connectivity index (χ2v) is 6.39. The van der Waals surface area contributed by atoms with E-state index in [1.165, 1.54) is 7.11 Å². The number of methoxy groups -OCH3 is 1. The molecule has 0 unspecified atom stereocenters. The molecular formula is C16H14BrClN2O3S. The van der Waals surface area contributed by atoms with E-state index in [9.17, 15) is 4.79 Å². The van der Waals surface area contributed by atoms with Crippen molar-refractivity contribution in [3.8, 4) is 11.5 Å². The zero-order valence-corrected chi connectivity index (χ0v) is 15.8. The fourth-order valence-electron chi connectivity index (χ4n) is 1.94. The van der Waals surface area contributed by atoms with Crippen LogP contribution in [0.4, 0.5) is 0 Å². The van der Waals surface area contributed by atoms with Crippen molar-refractivity contribution in [1.29, 1.82) is 0 Å².